The number of carbonyl (C=O) groups excluding carboxylic acids is 1. The Kier molecular flexibility index (Phi) is 5.65. The summed E-state index contributed by atoms with van der Waals surface area (Å²) in [6.07, 6.45) is 5.22. The molecule has 29 heavy (non-hydrogen) atoms. The quantitative estimate of drug-likeness (QED) is 0.724. The SMILES string of the molecule is Cc1cccc(CNC(=O)c2cc(N3CCN(c4ncccn4)CC3)ccn2)c1. The maximum atomic E-state index is 12.6. The summed E-state index contributed by atoms with van der Waals surface area (Å²) in [5.41, 5.74) is 3.70. The summed E-state index contributed by atoms with van der Waals surface area (Å²) in [6.45, 7) is 5.88. The molecule has 2 aromatic heterocycles. The number of carbonyl (C=O) groups is 1. The van der Waals surface area contributed by atoms with Crippen LogP contribution < -0.4 is 15.1 Å². The van der Waals surface area contributed by atoms with Crippen LogP contribution in [0.5, 0.6) is 0 Å². The second-order valence-corrected chi connectivity index (χ2v) is 7.09. The maximum absolute atomic E-state index is 12.6. The molecule has 7 heteroatoms. The molecule has 0 unspecified atom stereocenters. The minimum Gasteiger partial charge on any atom is -0.368 e. The summed E-state index contributed by atoms with van der Waals surface area (Å²) in [5.74, 6) is 0.600. The molecule has 1 fully saturated rings. The fraction of sp³-hybridized carbons (Fsp3) is 0.273. The van der Waals surface area contributed by atoms with E-state index in [4.69, 9.17) is 0 Å². The Hall–Kier alpha value is -3.48. The molecular formula is C22H24N6O. The summed E-state index contributed by atoms with van der Waals surface area (Å²) >= 11 is 0. The first-order valence-electron chi connectivity index (χ1n) is 9.76. The molecular weight excluding hydrogens is 364 g/mol. The van der Waals surface area contributed by atoms with Crippen molar-refractivity contribution in [1.29, 1.82) is 0 Å². The first-order valence-corrected chi connectivity index (χ1v) is 9.76. The molecule has 1 aliphatic heterocycles. The predicted molar refractivity (Wildman–Crippen MR) is 113 cm³/mol. The van der Waals surface area contributed by atoms with E-state index < -0.39 is 0 Å². The number of hydrogen-bond donors (Lipinski definition) is 1. The molecule has 3 heterocycles. The Balaban J connectivity index is 1.37. The number of aryl methyl sites for hydroxylation is 1. The van der Waals surface area contributed by atoms with Gasteiger partial charge in [-0.05, 0) is 30.7 Å². The number of nitrogens with zero attached hydrogens (tertiary/aromatic N) is 5. The second-order valence-electron chi connectivity index (χ2n) is 7.09. The van der Waals surface area contributed by atoms with Gasteiger partial charge >= 0.3 is 0 Å². The van der Waals surface area contributed by atoms with Crippen LogP contribution in [0.25, 0.3) is 0 Å². The number of nitrogens with one attached hydrogen (secondary N) is 1. The molecule has 1 aliphatic rings. The van der Waals surface area contributed by atoms with Crippen molar-refractivity contribution in [2.75, 3.05) is 36.0 Å². The Bertz CT molecular complexity index is 970. The van der Waals surface area contributed by atoms with Crippen molar-refractivity contribution in [3.63, 3.8) is 0 Å². The van der Waals surface area contributed by atoms with E-state index in [1.807, 2.05) is 43.3 Å². The molecule has 3 aromatic rings. The van der Waals surface area contributed by atoms with Crippen LogP contribution in [0.15, 0.2) is 61.1 Å². The Labute approximate surface area is 170 Å². The number of hydrogen-bond acceptors (Lipinski definition) is 6. The van der Waals surface area contributed by atoms with E-state index >= 15 is 0 Å². The molecule has 0 radical (unpaired) electrons. The number of anilines is 2. The van der Waals surface area contributed by atoms with E-state index in [0.29, 0.717) is 12.2 Å². The smallest absolute Gasteiger partial charge is 0.270 e. The van der Waals surface area contributed by atoms with Gasteiger partial charge in [-0.2, -0.15) is 0 Å². The highest BCUT2D eigenvalue weighted by atomic mass is 16.1. The van der Waals surface area contributed by atoms with Crippen LogP contribution in [0.2, 0.25) is 0 Å². The lowest BCUT2D eigenvalue weighted by Crippen LogP contribution is -2.47. The van der Waals surface area contributed by atoms with Crippen LogP contribution in [0.4, 0.5) is 11.6 Å². The summed E-state index contributed by atoms with van der Waals surface area (Å²) in [4.78, 5) is 29.9. The summed E-state index contributed by atoms with van der Waals surface area (Å²) in [7, 11) is 0. The molecule has 1 aromatic carbocycles. The van der Waals surface area contributed by atoms with Gasteiger partial charge in [0.1, 0.15) is 5.69 Å². The Morgan fingerprint density at radius 3 is 2.45 bits per heavy atom. The average Bonchev–Trinajstić information content (AvgIpc) is 2.78. The first-order chi connectivity index (χ1) is 14.2. The van der Waals surface area contributed by atoms with Crippen LogP contribution in [-0.4, -0.2) is 47.0 Å². The number of benzene rings is 1. The van der Waals surface area contributed by atoms with Gasteiger partial charge in [0.2, 0.25) is 5.95 Å². The van der Waals surface area contributed by atoms with Crippen LogP contribution in [0.1, 0.15) is 21.6 Å². The van der Waals surface area contributed by atoms with Gasteiger partial charge in [0.15, 0.2) is 0 Å². The van der Waals surface area contributed by atoms with Gasteiger partial charge in [0.25, 0.3) is 5.91 Å². The predicted octanol–water partition coefficient (Wildman–Crippen LogP) is 2.44. The maximum Gasteiger partial charge on any atom is 0.270 e. The van der Waals surface area contributed by atoms with Gasteiger partial charge in [0.05, 0.1) is 0 Å². The number of rotatable bonds is 5. The first kappa shape index (κ1) is 18.9. The normalized spacial score (nSPS) is 14.0. The molecule has 1 amide bonds. The van der Waals surface area contributed by atoms with Gasteiger partial charge in [-0.15, -0.1) is 0 Å². The lowest BCUT2D eigenvalue weighted by Gasteiger charge is -2.36. The fourth-order valence-electron chi connectivity index (χ4n) is 3.45. The number of amides is 1. The van der Waals surface area contributed by atoms with Crippen molar-refractivity contribution in [3.8, 4) is 0 Å². The van der Waals surface area contributed by atoms with E-state index in [1.165, 1.54) is 5.56 Å². The summed E-state index contributed by atoms with van der Waals surface area (Å²) in [5, 5.41) is 2.96. The van der Waals surface area contributed by atoms with Crippen molar-refractivity contribution >= 4 is 17.5 Å². The zero-order valence-electron chi connectivity index (χ0n) is 16.5. The largest absolute Gasteiger partial charge is 0.368 e. The molecule has 0 aliphatic carbocycles. The molecule has 1 saturated heterocycles. The molecule has 0 atom stereocenters. The lowest BCUT2D eigenvalue weighted by molar-refractivity contribution is 0.0946. The van der Waals surface area contributed by atoms with E-state index in [0.717, 1.165) is 43.4 Å². The van der Waals surface area contributed by atoms with Crippen LogP contribution in [-0.2, 0) is 6.54 Å². The topological polar surface area (TPSA) is 74.2 Å². The fourth-order valence-corrected chi connectivity index (χ4v) is 3.45. The van der Waals surface area contributed by atoms with E-state index in [2.05, 4.69) is 36.1 Å². The van der Waals surface area contributed by atoms with Gasteiger partial charge in [-0.1, -0.05) is 29.8 Å². The standard InChI is InChI=1S/C22H24N6O/c1-17-4-2-5-18(14-17)16-26-21(29)20-15-19(6-9-23-20)27-10-12-28(13-11-27)22-24-7-3-8-25-22/h2-9,14-15H,10-13,16H2,1H3,(H,26,29). The highest BCUT2D eigenvalue weighted by molar-refractivity contribution is 5.93. The van der Waals surface area contributed by atoms with Gasteiger partial charge in [-0.3, -0.25) is 9.78 Å². The molecule has 148 valence electrons. The van der Waals surface area contributed by atoms with Gasteiger partial charge in [-0.25, -0.2) is 9.97 Å². The third kappa shape index (κ3) is 4.68. The van der Waals surface area contributed by atoms with Crippen molar-refractivity contribution < 1.29 is 4.79 Å². The van der Waals surface area contributed by atoms with E-state index in [1.54, 1.807) is 18.6 Å². The second kappa shape index (κ2) is 8.68. The van der Waals surface area contributed by atoms with E-state index in [-0.39, 0.29) is 5.91 Å². The van der Waals surface area contributed by atoms with Crippen LogP contribution in [0, 0.1) is 6.92 Å². The molecule has 0 saturated carbocycles. The van der Waals surface area contributed by atoms with Crippen LogP contribution in [0.3, 0.4) is 0 Å². The summed E-state index contributed by atoms with van der Waals surface area (Å²) < 4.78 is 0. The van der Waals surface area contributed by atoms with Crippen molar-refractivity contribution in [2.45, 2.75) is 13.5 Å². The Morgan fingerprint density at radius 2 is 1.69 bits per heavy atom. The Morgan fingerprint density at radius 1 is 0.931 bits per heavy atom. The lowest BCUT2D eigenvalue weighted by atomic mass is 10.1. The highest BCUT2D eigenvalue weighted by Crippen LogP contribution is 2.18. The van der Waals surface area contributed by atoms with Crippen LogP contribution >= 0.6 is 0 Å². The minimum atomic E-state index is -0.162. The zero-order chi connectivity index (χ0) is 20.1. The minimum absolute atomic E-state index is 0.162. The molecule has 0 bridgehead atoms. The van der Waals surface area contributed by atoms with Crippen molar-refractivity contribution in [3.05, 3.63) is 77.9 Å². The average molecular weight is 388 g/mol. The van der Waals surface area contributed by atoms with Crippen molar-refractivity contribution in [1.82, 2.24) is 20.3 Å². The molecule has 1 N–H and O–H groups in total. The van der Waals surface area contributed by atoms with E-state index in [9.17, 15) is 4.79 Å². The molecule has 4 rings (SSSR count). The third-order valence-electron chi connectivity index (χ3n) is 4.99. The highest BCUT2D eigenvalue weighted by Gasteiger charge is 2.20. The van der Waals surface area contributed by atoms with Crippen molar-refractivity contribution in [2.24, 2.45) is 0 Å². The monoisotopic (exact) mass is 388 g/mol. The molecule has 0 spiro atoms. The summed E-state index contributed by atoms with van der Waals surface area (Å²) in [6, 6.07) is 13.7. The van der Waals surface area contributed by atoms with Gasteiger partial charge in [0, 0.05) is 57.0 Å². The third-order valence-corrected chi connectivity index (χ3v) is 4.99. The number of pyridine rings is 1. The molecule has 7 nitrogen and oxygen atoms in total. The number of aromatic nitrogens is 3. The zero-order valence-corrected chi connectivity index (χ0v) is 16.5. The van der Waals surface area contributed by atoms with Gasteiger partial charge < -0.3 is 15.1 Å². The number of piperazine rings is 1.